The van der Waals surface area contributed by atoms with Crippen molar-refractivity contribution in [1.29, 1.82) is 0 Å². The van der Waals surface area contributed by atoms with Gasteiger partial charge in [0.2, 0.25) is 5.91 Å². The summed E-state index contributed by atoms with van der Waals surface area (Å²) in [5.74, 6) is -0.946. The summed E-state index contributed by atoms with van der Waals surface area (Å²) in [5.41, 5.74) is 12.0. The van der Waals surface area contributed by atoms with Gasteiger partial charge in [-0.15, -0.1) is 0 Å². The van der Waals surface area contributed by atoms with Crippen LogP contribution in [-0.4, -0.2) is 25.0 Å². The molecule has 0 fully saturated rings. The Hall–Kier alpha value is -1.14. The number of hydrogen-bond donors (Lipinski definition) is 3. The van der Waals surface area contributed by atoms with Crippen molar-refractivity contribution in [3.05, 3.63) is 0 Å². The van der Waals surface area contributed by atoms with E-state index in [9.17, 15) is 9.59 Å². The van der Waals surface area contributed by atoms with Crippen LogP contribution in [0, 0.1) is 5.41 Å². The molecule has 6 nitrogen and oxygen atoms in total. The van der Waals surface area contributed by atoms with Gasteiger partial charge in [-0.3, -0.25) is 14.4 Å². The van der Waals surface area contributed by atoms with Crippen LogP contribution in [0.4, 0.5) is 0 Å². The first-order valence-electron chi connectivity index (χ1n) is 4.93. The Morgan fingerprint density at radius 2 is 1.87 bits per heavy atom. The van der Waals surface area contributed by atoms with Crippen molar-refractivity contribution in [3.63, 3.8) is 0 Å². The molecule has 0 aromatic rings. The number of primary amides is 1. The summed E-state index contributed by atoms with van der Waals surface area (Å²) in [5, 5.41) is 0. The zero-order valence-electron chi connectivity index (χ0n) is 9.21. The standard InChI is InChI=1S/C9H19N3O3/c1-3-9(4-2,6-10)8(14)12-15-5-7(11)13/h3-6,10H2,1-2H3,(H2,11,13)(H,12,14). The zero-order valence-corrected chi connectivity index (χ0v) is 9.21. The van der Waals surface area contributed by atoms with Crippen molar-refractivity contribution in [2.45, 2.75) is 26.7 Å². The third-order valence-corrected chi connectivity index (χ3v) is 2.61. The van der Waals surface area contributed by atoms with Crippen LogP contribution < -0.4 is 16.9 Å². The molecule has 0 rings (SSSR count). The van der Waals surface area contributed by atoms with Gasteiger partial charge in [0.05, 0.1) is 5.41 Å². The van der Waals surface area contributed by atoms with Crippen molar-refractivity contribution in [3.8, 4) is 0 Å². The van der Waals surface area contributed by atoms with Gasteiger partial charge >= 0.3 is 0 Å². The Morgan fingerprint density at radius 3 is 2.20 bits per heavy atom. The molecule has 0 heterocycles. The number of nitrogens with one attached hydrogen (secondary N) is 1. The van der Waals surface area contributed by atoms with E-state index < -0.39 is 11.3 Å². The minimum absolute atomic E-state index is 0.242. The lowest BCUT2D eigenvalue weighted by atomic mass is 9.82. The van der Waals surface area contributed by atoms with E-state index in [1.54, 1.807) is 0 Å². The maximum absolute atomic E-state index is 11.7. The molecule has 0 aliphatic heterocycles. The molecule has 0 radical (unpaired) electrons. The van der Waals surface area contributed by atoms with Crippen LogP contribution in [0.2, 0.25) is 0 Å². The quantitative estimate of drug-likeness (QED) is 0.489. The molecule has 5 N–H and O–H groups in total. The molecule has 15 heavy (non-hydrogen) atoms. The number of hydroxylamine groups is 1. The number of amides is 2. The minimum Gasteiger partial charge on any atom is -0.368 e. The normalized spacial score (nSPS) is 11.1. The van der Waals surface area contributed by atoms with Crippen molar-refractivity contribution in [2.75, 3.05) is 13.2 Å². The Bertz CT molecular complexity index is 218. The smallest absolute Gasteiger partial charge is 0.251 e. The second-order valence-corrected chi connectivity index (χ2v) is 3.38. The third kappa shape index (κ3) is 3.85. The maximum Gasteiger partial charge on any atom is 0.251 e. The van der Waals surface area contributed by atoms with Crippen molar-refractivity contribution >= 4 is 11.8 Å². The zero-order chi connectivity index (χ0) is 11.9. The summed E-state index contributed by atoms with van der Waals surface area (Å²) < 4.78 is 0. The minimum atomic E-state index is -0.637. The van der Waals surface area contributed by atoms with E-state index in [1.807, 2.05) is 13.8 Å². The molecule has 0 aliphatic rings. The molecule has 0 saturated carbocycles. The molecular weight excluding hydrogens is 198 g/mol. The van der Waals surface area contributed by atoms with Crippen LogP contribution >= 0.6 is 0 Å². The van der Waals surface area contributed by atoms with Crippen LogP contribution in [0.25, 0.3) is 0 Å². The Balaban J connectivity index is 4.21. The van der Waals surface area contributed by atoms with Crippen LogP contribution in [-0.2, 0) is 14.4 Å². The molecule has 0 aromatic carbocycles. The summed E-state index contributed by atoms with van der Waals surface area (Å²) in [6.45, 7) is 3.67. The maximum atomic E-state index is 11.7. The van der Waals surface area contributed by atoms with E-state index in [1.165, 1.54) is 0 Å². The van der Waals surface area contributed by atoms with Crippen molar-refractivity contribution in [1.82, 2.24) is 5.48 Å². The summed E-state index contributed by atoms with van der Waals surface area (Å²) in [7, 11) is 0. The first-order valence-corrected chi connectivity index (χ1v) is 4.93. The highest BCUT2D eigenvalue weighted by Crippen LogP contribution is 2.24. The number of carbonyl (C=O) groups is 2. The van der Waals surface area contributed by atoms with Gasteiger partial charge in [-0.1, -0.05) is 13.8 Å². The molecule has 0 unspecified atom stereocenters. The average molecular weight is 217 g/mol. The monoisotopic (exact) mass is 217 g/mol. The molecule has 6 heteroatoms. The number of rotatable bonds is 7. The third-order valence-electron chi connectivity index (χ3n) is 2.61. The van der Waals surface area contributed by atoms with Gasteiger partial charge in [-0.05, 0) is 12.8 Å². The number of nitrogens with two attached hydrogens (primary N) is 2. The SMILES string of the molecule is CCC(CC)(CN)C(=O)NOCC(N)=O. The fraction of sp³-hybridized carbons (Fsp3) is 0.778. The molecule has 0 bridgehead atoms. The molecule has 0 aromatic heterocycles. The van der Waals surface area contributed by atoms with Gasteiger partial charge in [0, 0.05) is 6.54 Å². The van der Waals surface area contributed by atoms with Crippen LogP contribution in [0.1, 0.15) is 26.7 Å². The topological polar surface area (TPSA) is 107 Å². The first kappa shape index (κ1) is 13.9. The van der Waals surface area contributed by atoms with Crippen molar-refractivity contribution < 1.29 is 14.4 Å². The van der Waals surface area contributed by atoms with Gasteiger partial charge in [0.1, 0.15) is 0 Å². The summed E-state index contributed by atoms with van der Waals surface area (Å²) in [4.78, 5) is 26.7. The van der Waals surface area contributed by atoms with Gasteiger partial charge in [0.25, 0.3) is 5.91 Å². The summed E-state index contributed by atoms with van der Waals surface area (Å²) in [6, 6.07) is 0. The highest BCUT2D eigenvalue weighted by atomic mass is 16.7. The van der Waals surface area contributed by atoms with Crippen LogP contribution in [0.5, 0.6) is 0 Å². The highest BCUT2D eigenvalue weighted by Gasteiger charge is 2.33. The largest absolute Gasteiger partial charge is 0.368 e. The Labute approximate surface area is 89.3 Å². The second kappa shape index (κ2) is 6.36. The van der Waals surface area contributed by atoms with Crippen LogP contribution in [0.15, 0.2) is 0 Å². The van der Waals surface area contributed by atoms with Gasteiger partial charge in [0.15, 0.2) is 6.61 Å². The van der Waals surface area contributed by atoms with Gasteiger partial charge in [-0.25, -0.2) is 5.48 Å². The molecule has 88 valence electrons. The van der Waals surface area contributed by atoms with Gasteiger partial charge < -0.3 is 11.5 Å². The average Bonchev–Trinajstić information content (AvgIpc) is 2.21. The lowest BCUT2D eigenvalue weighted by Gasteiger charge is -2.27. The Morgan fingerprint density at radius 1 is 1.33 bits per heavy atom. The molecule has 2 amide bonds. The van der Waals surface area contributed by atoms with Gasteiger partial charge in [-0.2, -0.15) is 0 Å². The van der Waals surface area contributed by atoms with E-state index in [4.69, 9.17) is 11.5 Å². The predicted molar refractivity (Wildman–Crippen MR) is 55.4 cm³/mol. The van der Waals surface area contributed by atoms with E-state index in [2.05, 4.69) is 10.3 Å². The van der Waals surface area contributed by atoms with E-state index in [0.717, 1.165) is 0 Å². The molecule has 0 saturated heterocycles. The predicted octanol–water partition coefficient (Wildman–Crippen LogP) is -0.715. The molecule has 0 spiro atoms. The fourth-order valence-corrected chi connectivity index (χ4v) is 1.23. The Kier molecular flexibility index (Phi) is 5.88. The van der Waals surface area contributed by atoms with E-state index in [0.29, 0.717) is 12.8 Å². The van der Waals surface area contributed by atoms with E-state index >= 15 is 0 Å². The lowest BCUT2D eigenvalue weighted by molar-refractivity contribution is -0.146. The summed E-state index contributed by atoms with van der Waals surface area (Å²) in [6.07, 6.45) is 1.23. The molecular formula is C9H19N3O3. The lowest BCUT2D eigenvalue weighted by Crippen LogP contribution is -2.45. The van der Waals surface area contributed by atoms with Crippen LogP contribution in [0.3, 0.4) is 0 Å². The van der Waals surface area contributed by atoms with Crippen molar-refractivity contribution in [2.24, 2.45) is 16.9 Å². The highest BCUT2D eigenvalue weighted by molar-refractivity contribution is 5.82. The number of hydrogen-bond acceptors (Lipinski definition) is 4. The number of carbonyl (C=O) groups excluding carboxylic acids is 2. The molecule has 0 atom stereocenters. The second-order valence-electron chi connectivity index (χ2n) is 3.38. The van der Waals surface area contributed by atoms with E-state index in [-0.39, 0.29) is 19.1 Å². The fourth-order valence-electron chi connectivity index (χ4n) is 1.23. The first-order chi connectivity index (χ1) is 7.02. The molecule has 0 aliphatic carbocycles. The summed E-state index contributed by atoms with van der Waals surface area (Å²) >= 11 is 0.